The zero-order valence-electron chi connectivity index (χ0n) is 15.2. The molecule has 2 aliphatic rings. The van der Waals surface area contributed by atoms with Gasteiger partial charge < -0.3 is 15.0 Å². The van der Waals surface area contributed by atoms with E-state index in [9.17, 15) is 19.2 Å². The van der Waals surface area contributed by atoms with E-state index in [2.05, 4.69) is 5.32 Å². The zero-order valence-corrected chi connectivity index (χ0v) is 15.2. The lowest BCUT2D eigenvalue weighted by atomic mass is 9.93. The van der Waals surface area contributed by atoms with Gasteiger partial charge in [0.25, 0.3) is 11.8 Å². The SMILES string of the molecule is CCC1(CC)NC(=O)N(CC(=O)OCC(=O)N2CCCC[C@@H]2C)C1=O. The number of urea groups is 1. The van der Waals surface area contributed by atoms with Crippen molar-refractivity contribution >= 4 is 23.8 Å². The summed E-state index contributed by atoms with van der Waals surface area (Å²) in [5.74, 6) is -1.42. The Labute approximate surface area is 147 Å². The zero-order chi connectivity index (χ0) is 18.6. The molecule has 2 fully saturated rings. The van der Waals surface area contributed by atoms with Gasteiger partial charge >= 0.3 is 12.0 Å². The van der Waals surface area contributed by atoms with Crippen LogP contribution in [0.25, 0.3) is 0 Å². The van der Waals surface area contributed by atoms with Crippen molar-refractivity contribution in [3.05, 3.63) is 0 Å². The molecule has 2 saturated heterocycles. The van der Waals surface area contributed by atoms with Crippen LogP contribution < -0.4 is 5.32 Å². The third kappa shape index (κ3) is 3.93. The summed E-state index contributed by atoms with van der Waals surface area (Å²) < 4.78 is 5.00. The summed E-state index contributed by atoms with van der Waals surface area (Å²) in [5, 5.41) is 2.65. The number of likely N-dealkylation sites (tertiary alicyclic amines) is 1. The molecule has 4 amide bonds. The van der Waals surface area contributed by atoms with Crippen molar-refractivity contribution in [1.29, 1.82) is 0 Å². The monoisotopic (exact) mass is 353 g/mol. The van der Waals surface area contributed by atoms with Crippen molar-refractivity contribution in [2.24, 2.45) is 0 Å². The van der Waals surface area contributed by atoms with Crippen LogP contribution in [0, 0.1) is 0 Å². The summed E-state index contributed by atoms with van der Waals surface area (Å²) in [4.78, 5) is 51.1. The summed E-state index contributed by atoms with van der Waals surface area (Å²) in [6.07, 6.45) is 3.88. The van der Waals surface area contributed by atoms with Crippen molar-refractivity contribution in [2.45, 2.75) is 64.5 Å². The number of imide groups is 1. The molecule has 140 valence electrons. The third-order valence-corrected chi connectivity index (χ3v) is 5.22. The lowest BCUT2D eigenvalue weighted by Gasteiger charge is -2.33. The minimum absolute atomic E-state index is 0.139. The Bertz CT molecular complexity index is 558. The molecule has 0 aliphatic carbocycles. The predicted octanol–water partition coefficient (Wildman–Crippen LogP) is 1.04. The van der Waals surface area contributed by atoms with Crippen molar-refractivity contribution in [2.75, 3.05) is 19.7 Å². The molecular formula is C17H27N3O5. The van der Waals surface area contributed by atoms with E-state index in [0.717, 1.165) is 24.2 Å². The normalized spacial score (nSPS) is 22.8. The highest BCUT2D eigenvalue weighted by atomic mass is 16.5. The number of carbonyl (C=O) groups is 4. The first-order chi connectivity index (χ1) is 11.8. The molecule has 25 heavy (non-hydrogen) atoms. The van der Waals surface area contributed by atoms with Gasteiger partial charge in [-0.25, -0.2) is 4.79 Å². The van der Waals surface area contributed by atoms with Crippen LogP contribution in [0.4, 0.5) is 4.79 Å². The topological polar surface area (TPSA) is 96.0 Å². The number of ether oxygens (including phenoxy) is 1. The maximum Gasteiger partial charge on any atom is 0.326 e. The van der Waals surface area contributed by atoms with Gasteiger partial charge in [0, 0.05) is 12.6 Å². The smallest absolute Gasteiger partial charge is 0.326 e. The number of nitrogens with one attached hydrogen (secondary N) is 1. The van der Waals surface area contributed by atoms with Crippen LogP contribution in [0.2, 0.25) is 0 Å². The summed E-state index contributed by atoms with van der Waals surface area (Å²) >= 11 is 0. The van der Waals surface area contributed by atoms with Gasteiger partial charge in [-0.1, -0.05) is 13.8 Å². The molecule has 0 spiro atoms. The lowest BCUT2D eigenvalue weighted by molar-refractivity contribution is -0.155. The number of nitrogens with zero attached hydrogens (tertiary/aromatic N) is 2. The van der Waals surface area contributed by atoms with Crippen LogP contribution >= 0.6 is 0 Å². The number of hydrogen-bond donors (Lipinski definition) is 1. The fraction of sp³-hybridized carbons (Fsp3) is 0.765. The van der Waals surface area contributed by atoms with Gasteiger partial charge in [-0.3, -0.25) is 19.3 Å². The molecule has 8 heteroatoms. The molecule has 0 radical (unpaired) electrons. The van der Waals surface area contributed by atoms with Gasteiger partial charge in [-0.05, 0) is 39.0 Å². The molecule has 2 heterocycles. The van der Waals surface area contributed by atoms with E-state index in [1.807, 2.05) is 20.8 Å². The highest BCUT2D eigenvalue weighted by Crippen LogP contribution is 2.24. The maximum atomic E-state index is 12.4. The summed E-state index contributed by atoms with van der Waals surface area (Å²) in [6.45, 7) is 5.42. The van der Waals surface area contributed by atoms with Crippen molar-refractivity contribution in [3.8, 4) is 0 Å². The highest BCUT2D eigenvalue weighted by molar-refractivity contribution is 6.08. The van der Waals surface area contributed by atoms with E-state index in [-0.39, 0.29) is 18.6 Å². The average Bonchev–Trinajstić information content (AvgIpc) is 2.84. The second-order valence-corrected chi connectivity index (χ2v) is 6.70. The molecule has 0 aromatic heterocycles. The van der Waals surface area contributed by atoms with Gasteiger partial charge in [-0.2, -0.15) is 0 Å². The maximum absolute atomic E-state index is 12.4. The summed E-state index contributed by atoms with van der Waals surface area (Å²) in [7, 11) is 0. The van der Waals surface area contributed by atoms with Crippen LogP contribution in [-0.2, 0) is 19.1 Å². The Morgan fingerprint density at radius 2 is 1.92 bits per heavy atom. The summed E-state index contributed by atoms with van der Waals surface area (Å²) in [5.41, 5.74) is -0.948. The third-order valence-electron chi connectivity index (χ3n) is 5.22. The Balaban J connectivity index is 1.87. The number of amides is 4. The molecule has 2 aliphatic heterocycles. The predicted molar refractivity (Wildman–Crippen MR) is 89.5 cm³/mol. The van der Waals surface area contributed by atoms with Gasteiger partial charge in [0.15, 0.2) is 6.61 Å². The Morgan fingerprint density at radius 3 is 2.48 bits per heavy atom. The fourth-order valence-corrected chi connectivity index (χ4v) is 3.42. The fourth-order valence-electron chi connectivity index (χ4n) is 3.42. The molecule has 1 atom stereocenters. The highest BCUT2D eigenvalue weighted by Gasteiger charge is 2.49. The number of rotatable bonds is 6. The first-order valence-electron chi connectivity index (χ1n) is 8.93. The first-order valence-corrected chi connectivity index (χ1v) is 8.93. The minimum atomic E-state index is -0.948. The molecular weight excluding hydrogens is 326 g/mol. The van der Waals surface area contributed by atoms with Gasteiger partial charge in [0.1, 0.15) is 12.1 Å². The van der Waals surface area contributed by atoms with Gasteiger partial charge in [0.2, 0.25) is 0 Å². The van der Waals surface area contributed by atoms with E-state index in [4.69, 9.17) is 4.74 Å². The van der Waals surface area contributed by atoms with Crippen molar-refractivity contribution in [3.63, 3.8) is 0 Å². The molecule has 2 rings (SSSR count). The molecule has 0 saturated carbocycles. The van der Waals surface area contributed by atoms with Crippen LogP contribution in [0.15, 0.2) is 0 Å². The number of piperidine rings is 1. The Morgan fingerprint density at radius 1 is 1.24 bits per heavy atom. The van der Waals surface area contributed by atoms with E-state index in [1.165, 1.54) is 0 Å². The first kappa shape index (κ1) is 19.2. The Kier molecular flexibility index (Phi) is 6.02. The van der Waals surface area contributed by atoms with Crippen LogP contribution in [0.3, 0.4) is 0 Å². The number of carbonyl (C=O) groups excluding carboxylic acids is 4. The van der Waals surface area contributed by atoms with Crippen molar-refractivity contribution in [1.82, 2.24) is 15.1 Å². The minimum Gasteiger partial charge on any atom is -0.454 e. The van der Waals surface area contributed by atoms with E-state index in [0.29, 0.717) is 19.4 Å². The van der Waals surface area contributed by atoms with Crippen LogP contribution in [0.5, 0.6) is 0 Å². The number of hydrogen-bond acceptors (Lipinski definition) is 5. The Hall–Kier alpha value is -2.12. The lowest BCUT2D eigenvalue weighted by Crippen LogP contribution is -2.46. The molecule has 0 unspecified atom stereocenters. The van der Waals surface area contributed by atoms with Crippen molar-refractivity contribution < 1.29 is 23.9 Å². The number of esters is 1. The molecule has 0 aromatic carbocycles. The largest absolute Gasteiger partial charge is 0.454 e. The van der Waals surface area contributed by atoms with Gasteiger partial charge in [-0.15, -0.1) is 0 Å². The second kappa shape index (κ2) is 7.84. The molecule has 0 bridgehead atoms. The van der Waals surface area contributed by atoms with E-state index < -0.39 is 30.0 Å². The quantitative estimate of drug-likeness (QED) is 0.568. The van der Waals surface area contributed by atoms with E-state index in [1.54, 1.807) is 4.90 Å². The van der Waals surface area contributed by atoms with Gasteiger partial charge in [0.05, 0.1) is 0 Å². The van der Waals surface area contributed by atoms with E-state index >= 15 is 0 Å². The molecule has 8 nitrogen and oxygen atoms in total. The second-order valence-electron chi connectivity index (χ2n) is 6.70. The van der Waals surface area contributed by atoms with Crippen LogP contribution in [0.1, 0.15) is 52.9 Å². The standard InChI is InChI=1S/C17H27N3O5/c1-4-17(5-2)15(23)20(16(24)18-17)10-14(22)25-11-13(21)19-9-7-6-8-12(19)3/h12H,4-11H2,1-3H3,(H,18,24)/t12-/m0/s1. The summed E-state index contributed by atoms with van der Waals surface area (Å²) in [6, 6.07) is -0.456. The van der Waals surface area contributed by atoms with Crippen LogP contribution in [-0.4, -0.2) is 64.9 Å². The molecule has 0 aromatic rings. The molecule has 1 N–H and O–H groups in total. The average molecular weight is 353 g/mol.